The number of phosphoric acid groups is 2. The molecule has 0 aliphatic rings. The summed E-state index contributed by atoms with van der Waals surface area (Å²) < 4.78 is 21.7. The van der Waals surface area contributed by atoms with Crippen molar-refractivity contribution in [3.8, 4) is 0 Å². The molecule has 0 amide bonds. The molecule has 0 aliphatic carbocycles. The van der Waals surface area contributed by atoms with E-state index in [1.807, 2.05) is 0 Å². The van der Waals surface area contributed by atoms with Crippen molar-refractivity contribution >= 4 is 44.9 Å². The SMILES string of the molecule is O=P([O-])([O-])OP(=O)(O)O.OB(O)O.OB(O)O.OB(O)O.OB(O)O.[Na+].[Na+]. The molecule has 0 saturated carbocycles. The smallest absolute Gasteiger partial charge is 0.789 e. The normalized spacial score (nSPS) is 8.59. The van der Waals surface area contributed by atoms with Crippen LogP contribution in [0.15, 0.2) is 0 Å². The minimum absolute atomic E-state index is 0. The molecular formula is H14B4Na2O19P2. The zero-order chi connectivity index (χ0) is 22.0. The van der Waals surface area contributed by atoms with Gasteiger partial charge in [-0.1, -0.05) is 0 Å². The largest absolute Gasteiger partial charge is 1.00 e. The third kappa shape index (κ3) is 294. The van der Waals surface area contributed by atoms with E-state index in [4.69, 9.17) is 70.1 Å². The van der Waals surface area contributed by atoms with Crippen LogP contribution >= 0.6 is 15.6 Å². The van der Waals surface area contributed by atoms with Gasteiger partial charge in [0.15, 0.2) is 0 Å². The second kappa shape index (κ2) is 28.0. The van der Waals surface area contributed by atoms with Gasteiger partial charge in [-0.15, -0.1) is 0 Å². The molecule has 0 fully saturated rings. The fourth-order valence-electron chi connectivity index (χ4n) is 0.130. The van der Waals surface area contributed by atoms with Gasteiger partial charge in [-0.3, -0.25) is 4.31 Å². The first-order valence-electron chi connectivity index (χ1n) is 4.59. The minimum Gasteiger partial charge on any atom is -0.789 e. The van der Waals surface area contributed by atoms with Crippen molar-refractivity contribution in [1.82, 2.24) is 0 Å². The molecule has 14 N–H and O–H groups in total. The fourth-order valence-corrected chi connectivity index (χ4v) is 1.17. The third-order valence-electron chi connectivity index (χ3n) is 0.206. The Kier molecular flexibility index (Phi) is 48.8. The molecule has 0 unspecified atom stereocenters. The van der Waals surface area contributed by atoms with Crippen LogP contribution in [0.3, 0.4) is 0 Å². The van der Waals surface area contributed by atoms with E-state index < -0.39 is 44.9 Å². The Bertz CT molecular complexity index is 282. The second-order valence-electron chi connectivity index (χ2n) is 2.41. The standard InChI is InChI=1S/4BH3O3.2Na.H4O7P2/c4*2-1(3)4;;;1-8(2,3)7-9(4,5)6/h4*2-4H;;;(H2,1,2,3)(H2,4,5,6)/q;;;;2*+1;/p-2. The molecule has 0 atom stereocenters. The maximum Gasteiger partial charge on any atom is 1.00 e. The van der Waals surface area contributed by atoms with Crippen LogP contribution in [0, 0.1) is 0 Å². The Morgan fingerprint density at radius 3 is 0.667 bits per heavy atom. The molecule has 27 heavy (non-hydrogen) atoms. The summed E-state index contributed by atoms with van der Waals surface area (Å²) in [6.07, 6.45) is 0. The number of hydrogen-bond donors (Lipinski definition) is 14. The Balaban J connectivity index is -0.0000000386. The van der Waals surface area contributed by atoms with Crippen molar-refractivity contribution in [1.29, 1.82) is 0 Å². The summed E-state index contributed by atoms with van der Waals surface area (Å²) in [5, 5.41) is 86.0. The quantitative estimate of drug-likeness (QED) is 0.132. The van der Waals surface area contributed by atoms with Crippen LogP contribution < -0.4 is 68.9 Å². The van der Waals surface area contributed by atoms with Gasteiger partial charge in [-0.25, -0.2) is 4.57 Å². The molecule has 0 saturated heterocycles. The van der Waals surface area contributed by atoms with Gasteiger partial charge in [-0.2, -0.15) is 0 Å². The molecule has 152 valence electrons. The third-order valence-corrected chi connectivity index (χ3v) is 1.86. The summed E-state index contributed by atoms with van der Waals surface area (Å²) in [7, 11) is -19.4. The van der Waals surface area contributed by atoms with Crippen LogP contribution in [-0.2, 0) is 13.4 Å². The van der Waals surface area contributed by atoms with Gasteiger partial charge in [0.05, 0.1) is 7.82 Å². The van der Waals surface area contributed by atoms with Gasteiger partial charge in [0.2, 0.25) is 0 Å². The van der Waals surface area contributed by atoms with Crippen LogP contribution in [0.2, 0.25) is 0 Å². The average Bonchev–Trinajstić information content (AvgIpc) is 2.04. The Morgan fingerprint density at radius 2 is 0.667 bits per heavy atom. The summed E-state index contributed by atoms with van der Waals surface area (Å²) in [6, 6.07) is 0. The van der Waals surface area contributed by atoms with E-state index in [0.29, 0.717) is 0 Å². The van der Waals surface area contributed by atoms with Gasteiger partial charge >= 0.3 is 96.2 Å². The Labute approximate surface area is 196 Å². The maximum absolute atomic E-state index is 9.55. The van der Waals surface area contributed by atoms with E-state index in [1.165, 1.54) is 0 Å². The Morgan fingerprint density at radius 1 is 0.556 bits per heavy atom. The summed E-state index contributed by atoms with van der Waals surface area (Å²) in [4.78, 5) is 34.1. The molecule has 0 aromatic rings. The molecule has 0 bridgehead atoms. The number of rotatable bonds is 2. The molecular weight excluding hydrogens is 455 g/mol. The van der Waals surface area contributed by atoms with E-state index in [0.717, 1.165) is 0 Å². The van der Waals surface area contributed by atoms with E-state index in [1.54, 1.807) is 0 Å². The minimum atomic E-state index is -5.55. The van der Waals surface area contributed by atoms with Gasteiger partial charge in [0, 0.05) is 0 Å². The summed E-state index contributed by atoms with van der Waals surface area (Å²) in [5.74, 6) is 0. The van der Waals surface area contributed by atoms with E-state index in [2.05, 4.69) is 4.31 Å². The first-order chi connectivity index (χ1) is 10.6. The molecule has 27 heteroatoms. The molecule has 0 aromatic heterocycles. The maximum atomic E-state index is 9.55. The van der Waals surface area contributed by atoms with E-state index >= 15 is 0 Å². The van der Waals surface area contributed by atoms with Crippen LogP contribution in [-0.4, -0.2) is 99.4 Å². The van der Waals surface area contributed by atoms with Crippen LogP contribution in [0.5, 0.6) is 0 Å². The molecule has 0 aromatic carbocycles. The number of hydrogen-bond acceptors (Lipinski definition) is 17. The van der Waals surface area contributed by atoms with Gasteiger partial charge in [0.25, 0.3) is 0 Å². The molecule has 0 spiro atoms. The first kappa shape index (κ1) is 47.0. The van der Waals surface area contributed by atoms with Crippen molar-refractivity contribution in [2.45, 2.75) is 0 Å². The first-order valence-corrected chi connectivity index (χ1v) is 7.58. The zero-order valence-corrected chi connectivity index (χ0v) is 19.3. The van der Waals surface area contributed by atoms with Crippen molar-refractivity contribution < 1.29 is 152 Å². The average molecular weight is 469 g/mol. The predicted molar refractivity (Wildman–Crippen MR) is 70.4 cm³/mol. The molecule has 0 rings (SSSR count). The summed E-state index contributed by atoms with van der Waals surface area (Å²) in [5.41, 5.74) is 0. The van der Waals surface area contributed by atoms with Gasteiger partial charge in [-0.05, 0) is 0 Å². The van der Waals surface area contributed by atoms with Gasteiger partial charge < -0.3 is 84.4 Å². The van der Waals surface area contributed by atoms with Crippen molar-refractivity contribution in [2.75, 3.05) is 0 Å². The monoisotopic (exact) mass is 470 g/mol. The fraction of sp³-hybridized carbons (Fsp3) is 0. The van der Waals surface area contributed by atoms with Gasteiger partial charge in [0.1, 0.15) is 0 Å². The van der Waals surface area contributed by atoms with E-state index in [-0.39, 0.29) is 59.1 Å². The Hall–Kier alpha value is 2.04. The van der Waals surface area contributed by atoms with Crippen molar-refractivity contribution in [3.63, 3.8) is 0 Å². The summed E-state index contributed by atoms with van der Waals surface area (Å²) >= 11 is 0. The predicted octanol–water partition coefficient (Wildman–Crippen LogP) is -16.3. The summed E-state index contributed by atoms with van der Waals surface area (Å²) in [6.45, 7) is 0. The molecule has 0 radical (unpaired) electrons. The van der Waals surface area contributed by atoms with Crippen molar-refractivity contribution in [2.24, 2.45) is 0 Å². The van der Waals surface area contributed by atoms with E-state index in [9.17, 15) is 18.9 Å². The van der Waals surface area contributed by atoms with Crippen LogP contribution in [0.4, 0.5) is 0 Å². The zero-order valence-electron chi connectivity index (χ0n) is 13.5. The molecule has 0 aliphatic heterocycles. The second-order valence-corrected chi connectivity index (χ2v) is 4.93. The topological polar surface area (TPSA) is 373 Å². The van der Waals surface area contributed by atoms with Crippen LogP contribution in [0.25, 0.3) is 0 Å². The molecule has 0 heterocycles. The van der Waals surface area contributed by atoms with Crippen molar-refractivity contribution in [3.05, 3.63) is 0 Å². The van der Waals surface area contributed by atoms with Crippen LogP contribution in [0.1, 0.15) is 0 Å². The molecule has 19 nitrogen and oxygen atoms in total.